The standard InChI is InChI=1S/C11H10N4.C6H6N2O/c12-15-11(9-5-1-3-7-13-9)10-6-2-4-8-14-10;1-5(9)6-4-7-2-3-8-6/h1-8H,12H2;2-4H,1H3. The van der Waals surface area contributed by atoms with E-state index in [0.29, 0.717) is 11.4 Å². The molecule has 0 spiro atoms. The van der Waals surface area contributed by atoms with Gasteiger partial charge in [-0.1, -0.05) is 12.1 Å². The predicted molar refractivity (Wildman–Crippen MR) is 90.3 cm³/mol. The van der Waals surface area contributed by atoms with Crippen molar-refractivity contribution >= 4 is 11.5 Å². The molecule has 0 bridgehead atoms. The fourth-order valence-electron chi connectivity index (χ4n) is 1.75. The minimum atomic E-state index is -0.0527. The summed E-state index contributed by atoms with van der Waals surface area (Å²) in [4.78, 5) is 26.4. The van der Waals surface area contributed by atoms with Crippen molar-refractivity contribution in [3.8, 4) is 0 Å². The molecular formula is C17H16N6O. The van der Waals surface area contributed by atoms with E-state index in [0.717, 1.165) is 11.4 Å². The molecule has 0 aromatic carbocycles. The van der Waals surface area contributed by atoms with Crippen LogP contribution in [0, 0.1) is 0 Å². The highest BCUT2D eigenvalue weighted by atomic mass is 16.1. The summed E-state index contributed by atoms with van der Waals surface area (Å²) in [7, 11) is 0. The first-order chi connectivity index (χ1) is 11.7. The third-order valence-electron chi connectivity index (χ3n) is 2.87. The molecule has 24 heavy (non-hydrogen) atoms. The van der Waals surface area contributed by atoms with Crippen LogP contribution in [0.5, 0.6) is 0 Å². The molecule has 2 N–H and O–H groups in total. The minimum Gasteiger partial charge on any atom is -0.323 e. The van der Waals surface area contributed by atoms with Gasteiger partial charge in [-0.25, -0.2) is 4.98 Å². The lowest BCUT2D eigenvalue weighted by molar-refractivity contribution is 0.101. The molecule has 0 aliphatic heterocycles. The van der Waals surface area contributed by atoms with Crippen molar-refractivity contribution in [2.45, 2.75) is 6.92 Å². The number of hydrogen-bond donors (Lipinski definition) is 1. The third kappa shape index (κ3) is 4.77. The number of ketones is 1. The molecule has 7 heteroatoms. The maximum Gasteiger partial charge on any atom is 0.179 e. The van der Waals surface area contributed by atoms with E-state index in [4.69, 9.17) is 5.84 Å². The van der Waals surface area contributed by atoms with Crippen LogP contribution in [0.3, 0.4) is 0 Å². The minimum absolute atomic E-state index is 0.0527. The lowest BCUT2D eigenvalue weighted by Gasteiger charge is -2.02. The van der Waals surface area contributed by atoms with Gasteiger partial charge in [0.05, 0.1) is 17.6 Å². The van der Waals surface area contributed by atoms with Crippen molar-refractivity contribution < 1.29 is 4.79 Å². The third-order valence-corrected chi connectivity index (χ3v) is 2.87. The molecule has 0 atom stereocenters. The van der Waals surface area contributed by atoms with E-state index in [-0.39, 0.29) is 5.78 Å². The molecule has 7 nitrogen and oxygen atoms in total. The van der Waals surface area contributed by atoms with Crippen LogP contribution in [-0.4, -0.2) is 31.4 Å². The average molecular weight is 320 g/mol. The summed E-state index contributed by atoms with van der Waals surface area (Å²) in [5.74, 6) is 5.29. The highest BCUT2D eigenvalue weighted by Crippen LogP contribution is 2.04. The fraction of sp³-hybridized carbons (Fsp3) is 0.0588. The summed E-state index contributed by atoms with van der Waals surface area (Å²) < 4.78 is 0. The molecular weight excluding hydrogens is 304 g/mol. The normalized spacial score (nSPS) is 9.38. The van der Waals surface area contributed by atoms with Crippen molar-refractivity contribution in [2.24, 2.45) is 10.9 Å². The summed E-state index contributed by atoms with van der Waals surface area (Å²) in [5, 5.41) is 3.72. The van der Waals surface area contributed by atoms with Crippen LogP contribution in [0.4, 0.5) is 0 Å². The van der Waals surface area contributed by atoms with E-state index in [1.807, 2.05) is 36.4 Å². The molecule has 0 aliphatic carbocycles. The highest BCUT2D eigenvalue weighted by molar-refractivity contribution is 6.10. The second kappa shape index (κ2) is 8.84. The first-order valence-electron chi connectivity index (χ1n) is 7.10. The molecule has 0 fully saturated rings. The Bertz CT molecular complexity index is 750. The maximum atomic E-state index is 10.5. The number of nitrogens with two attached hydrogens (primary N) is 1. The number of hydrogen-bond acceptors (Lipinski definition) is 7. The first kappa shape index (κ1) is 16.9. The second-order valence-electron chi connectivity index (χ2n) is 4.55. The van der Waals surface area contributed by atoms with E-state index >= 15 is 0 Å². The number of carbonyl (C=O) groups is 1. The van der Waals surface area contributed by atoms with Gasteiger partial charge in [0.1, 0.15) is 11.4 Å². The summed E-state index contributed by atoms with van der Waals surface area (Å²) in [5.41, 5.74) is 2.45. The van der Waals surface area contributed by atoms with E-state index in [9.17, 15) is 4.79 Å². The molecule has 3 aromatic rings. The lowest BCUT2D eigenvalue weighted by Crippen LogP contribution is -2.09. The number of hydrazone groups is 1. The molecule has 0 aliphatic rings. The van der Waals surface area contributed by atoms with Gasteiger partial charge in [0.15, 0.2) is 5.78 Å². The topological polar surface area (TPSA) is 107 Å². The fourth-order valence-corrected chi connectivity index (χ4v) is 1.75. The predicted octanol–water partition coefficient (Wildman–Crippen LogP) is 1.87. The first-order valence-corrected chi connectivity index (χ1v) is 7.10. The van der Waals surface area contributed by atoms with E-state index in [2.05, 4.69) is 25.0 Å². The van der Waals surface area contributed by atoms with Crippen LogP contribution in [0.1, 0.15) is 28.8 Å². The monoisotopic (exact) mass is 320 g/mol. The Morgan fingerprint density at radius 3 is 1.79 bits per heavy atom. The molecule has 0 saturated carbocycles. The van der Waals surface area contributed by atoms with Gasteiger partial charge in [-0.2, -0.15) is 5.10 Å². The molecule has 0 saturated heterocycles. The number of Topliss-reactive ketones (excluding diaryl/α,β-unsaturated/α-hetero) is 1. The van der Waals surface area contributed by atoms with Crippen molar-refractivity contribution in [1.29, 1.82) is 0 Å². The summed E-state index contributed by atoms with van der Waals surface area (Å²) in [6, 6.07) is 11.2. The second-order valence-corrected chi connectivity index (χ2v) is 4.55. The van der Waals surface area contributed by atoms with Crippen LogP contribution in [0.15, 0.2) is 72.5 Å². The van der Waals surface area contributed by atoms with Crippen molar-refractivity contribution in [2.75, 3.05) is 0 Å². The quantitative estimate of drug-likeness (QED) is 0.342. The number of pyridine rings is 2. The van der Waals surface area contributed by atoms with Gasteiger partial charge in [-0.15, -0.1) is 0 Å². The van der Waals surface area contributed by atoms with Gasteiger partial charge < -0.3 is 5.84 Å². The Morgan fingerprint density at radius 2 is 1.46 bits per heavy atom. The smallest absolute Gasteiger partial charge is 0.179 e. The Hall–Kier alpha value is -3.48. The summed E-state index contributed by atoms with van der Waals surface area (Å²) >= 11 is 0. The molecule has 120 valence electrons. The SMILES string of the molecule is CC(=O)c1cnccn1.NN=C(c1ccccn1)c1ccccn1. The molecule has 0 unspecified atom stereocenters. The van der Waals surface area contributed by atoms with Gasteiger partial charge in [0, 0.05) is 31.7 Å². The van der Waals surface area contributed by atoms with Crippen LogP contribution < -0.4 is 5.84 Å². The van der Waals surface area contributed by atoms with E-state index in [1.165, 1.54) is 25.5 Å². The molecule has 3 rings (SSSR count). The van der Waals surface area contributed by atoms with Crippen molar-refractivity contribution in [3.05, 3.63) is 84.5 Å². The van der Waals surface area contributed by atoms with Gasteiger partial charge in [0.25, 0.3) is 0 Å². The van der Waals surface area contributed by atoms with Crippen LogP contribution >= 0.6 is 0 Å². The van der Waals surface area contributed by atoms with E-state index in [1.54, 1.807) is 12.4 Å². The van der Waals surface area contributed by atoms with Crippen molar-refractivity contribution in [3.63, 3.8) is 0 Å². The van der Waals surface area contributed by atoms with Gasteiger partial charge in [0.2, 0.25) is 0 Å². The number of carbonyl (C=O) groups excluding carboxylic acids is 1. The maximum absolute atomic E-state index is 10.5. The number of rotatable bonds is 3. The summed E-state index contributed by atoms with van der Waals surface area (Å²) in [6.07, 6.45) is 7.87. The zero-order valence-corrected chi connectivity index (χ0v) is 13.1. The Labute approximate surface area is 139 Å². The van der Waals surface area contributed by atoms with E-state index < -0.39 is 0 Å². The Kier molecular flexibility index (Phi) is 6.22. The molecule has 3 heterocycles. The van der Waals surface area contributed by atoms with Gasteiger partial charge in [-0.3, -0.25) is 19.7 Å². The summed E-state index contributed by atoms with van der Waals surface area (Å²) in [6.45, 7) is 1.46. The number of nitrogens with zero attached hydrogens (tertiary/aromatic N) is 5. The highest BCUT2D eigenvalue weighted by Gasteiger charge is 2.07. The van der Waals surface area contributed by atoms with Crippen LogP contribution in [-0.2, 0) is 0 Å². The molecule has 0 radical (unpaired) electrons. The Balaban J connectivity index is 0.000000198. The zero-order valence-electron chi connectivity index (χ0n) is 13.1. The van der Waals surface area contributed by atoms with Gasteiger partial charge in [-0.05, 0) is 24.3 Å². The molecule has 0 amide bonds. The van der Waals surface area contributed by atoms with Crippen LogP contribution in [0.2, 0.25) is 0 Å². The average Bonchev–Trinajstić information content (AvgIpc) is 2.65. The van der Waals surface area contributed by atoms with Crippen LogP contribution in [0.25, 0.3) is 0 Å². The zero-order chi connectivity index (χ0) is 17.2. The lowest BCUT2D eigenvalue weighted by atomic mass is 10.1. The largest absolute Gasteiger partial charge is 0.323 e. The van der Waals surface area contributed by atoms with Gasteiger partial charge >= 0.3 is 0 Å². The number of aromatic nitrogens is 4. The van der Waals surface area contributed by atoms with Crippen molar-refractivity contribution in [1.82, 2.24) is 19.9 Å². The Morgan fingerprint density at radius 1 is 0.875 bits per heavy atom. The molecule has 3 aromatic heterocycles.